The predicted molar refractivity (Wildman–Crippen MR) is 73.6 cm³/mol. The number of rotatable bonds is 2. The monoisotopic (exact) mass is 296 g/mol. The predicted octanol–water partition coefficient (Wildman–Crippen LogP) is 2.54. The minimum absolute atomic E-state index is 0.233. The summed E-state index contributed by atoms with van der Waals surface area (Å²) in [5, 5.41) is 13.3. The number of ether oxygens (including phenoxy) is 1. The van der Waals surface area contributed by atoms with Crippen LogP contribution < -0.4 is 0 Å². The topological polar surface area (TPSA) is 116 Å². The highest BCUT2D eigenvalue weighted by Gasteiger charge is 2.64. The molecule has 4 atom stereocenters. The van der Waals surface area contributed by atoms with Gasteiger partial charge in [0.1, 0.15) is 11.1 Å². The van der Waals surface area contributed by atoms with Gasteiger partial charge in [-0.2, -0.15) is 0 Å². The Morgan fingerprint density at radius 2 is 2.05 bits per heavy atom. The summed E-state index contributed by atoms with van der Waals surface area (Å²) in [4.78, 5) is 28.2. The Morgan fingerprint density at radius 3 is 2.52 bits per heavy atom. The number of carboxylic acid groups (broad SMARTS) is 1. The van der Waals surface area contributed by atoms with Crippen LogP contribution in [-0.2, 0) is 9.53 Å². The molecular weight excluding hydrogens is 276 g/mol. The summed E-state index contributed by atoms with van der Waals surface area (Å²) in [6, 6.07) is -0.804. The number of carbonyl (C=O) groups excluding carboxylic acids is 1. The van der Waals surface area contributed by atoms with Crippen LogP contribution in [0, 0.1) is 5.92 Å². The molecule has 1 heterocycles. The number of carbonyl (C=O) groups is 2. The number of likely N-dealkylation sites (tertiary alicyclic amines) is 1. The first kappa shape index (κ1) is 15.4. The summed E-state index contributed by atoms with van der Waals surface area (Å²) in [6.07, 6.45) is 0.334. The van der Waals surface area contributed by atoms with Crippen LogP contribution in [0.25, 0.3) is 10.4 Å². The van der Waals surface area contributed by atoms with Crippen LogP contribution in [0.15, 0.2) is 5.11 Å². The van der Waals surface area contributed by atoms with Crippen molar-refractivity contribution in [2.24, 2.45) is 11.0 Å². The van der Waals surface area contributed by atoms with E-state index in [1.165, 1.54) is 11.8 Å². The van der Waals surface area contributed by atoms with Gasteiger partial charge in [-0.1, -0.05) is 5.11 Å². The average molecular weight is 296 g/mol. The number of hydrogen-bond acceptors (Lipinski definition) is 4. The van der Waals surface area contributed by atoms with E-state index in [1.807, 2.05) is 0 Å². The van der Waals surface area contributed by atoms with Crippen LogP contribution in [0.4, 0.5) is 4.79 Å². The summed E-state index contributed by atoms with van der Waals surface area (Å²) in [5.41, 5.74) is 6.59. The highest BCUT2D eigenvalue weighted by molar-refractivity contribution is 5.86. The van der Waals surface area contributed by atoms with Crippen molar-refractivity contribution in [2.45, 2.75) is 63.8 Å². The molecule has 1 N–H and O–H groups in total. The van der Waals surface area contributed by atoms with Crippen molar-refractivity contribution < 1.29 is 19.4 Å². The van der Waals surface area contributed by atoms with E-state index in [0.717, 1.165) is 0 Å². The third-order valence-corrected chi connectivity index (χ3v) is 4.35. The van der Waals surface area contributed by atoms with E-state index in [1.54, 1.807) is 20.8 Å². The molecule has 2 aliphatic rings. The number of aliphatic carboxylic acids is 1. The molecule has 1 aliphatic heterocycles. The first-order chi connectivity index (χ1) is 9.61. The second-order valence-corrected chi connectivity index (χ2v) is 6.81. The Labute approximate surface area is 122 Å². The van der Waals surface area contributed by atoms with E-state index < -0.39 is 29.2 Å². The SMILES string of the molecule is CC(C)(C)OC(=O)N1[C@@H]2C[C@@H](C[C@H]2N=[N+]=[N-])[C@@]1(C)C(=O)O. The van der Waals surface area contributed by atoms with Crippen molar-refractivity contribution in [1.29, 1.82) is 0 Å². The van der Waals surface area contributed by atoms with Gasteiger partial charge in [0.2, 0.25) is 0 Å². The third-order valence-electron chi connectivity index (χ3n) is 4.35. The van der Waals surface area contributed by atoms with Crippen LogP contribution in [0.3, 0.4) is 0 Å². The summed E-state index contributed by atoms with van der Waals surface area (Å²) >= 11 is 0. The standard InChI is InChI=1S/C13H20N4O4/c1-12(2,3)21-11(20)17-9-6-7(5-8(9)15-16-14)13(17,4)10(18)19/h7-9H,5-6H2,1-4H3,(H,18,19)/t7-,8-,9-,13+/m1/s1. The number of azide groups is 1. The fraction of sp³-hybridized carbons (Fsp3) is 0.846. The van der Waals surface area contributed by atoms with Crippen LogP contribution in [-0.4, -0.2) is 45.3 Å². The molecular formula is C13H20N4O4. The minimum Gasteiger partial charge on any atom is -0.479 e. The van der Waals surface area contributed by atoms with E-state index in [2.05, 4.69) is 10.0 Å². The molecule has 0 aromatic rings. The largest absolute Gasteiger partial charge is 0.479 e. The lowest BCUT2D eigenvalue weighted by Crippen LogP contribution is -2.61. The molecule has 21 heavy (non-hydrogen) atoms. The third kappa shape index (κ3) is 2.40. The van der Waals surface area contributed by atoms with Gasteiger partial charge in [-0.15, -0.1) is 0 Å². The normalized spacial score (nSPS) is 34.5. The maximum absolute atomic E-state index is 12.4. The van der Waals surface area contributed by atoms with Crippen LogP contribution >= 0.6 is 0 Å². The van der Waals surface area contributed by atoms with Gasteiger partial charge in [-0.25, -0.2) is 9.59 Å². The van der Waals surface area contributed by atoms with Crippen molar-refractivity contribution >= 4 is 12.1 Å². The highest BCUT2D eigenvalue weighted by atomic mass is 16.6. The fourth-order valence-electron chi connectivity index (χ4n) is 3.38. The molecule has 0 spiro atoms. The van der Waals surface area contributed by atoms with Gasteiger partial charge in [0.25, 0.3) is 0 Å². The van der Waals surface area contributed by atoms with Crippen molar-refractivity contribution in [3.05, 3.63) is 10.4 Å². The van der Waals surface area contributed by atoms with Gasteiger partial charge in [0.05, 0.1) is 6.04 Å². The Balaban J connectivity index is 2.35. The Hall–Kier alpha value is -1.95. The second kappa shape index (κ2) is 4.80. The Morgan fingerprint density at radius 1 is 1.43 bits per heavy atom. The van der Waals surface area contributed by atoms with E-state index >= 15 is 0 Å². The fourth-order valence-corrected chi connectivity index (χ4v) is 3.38. The second-order valence-electron chi connectivity index (χ2n) is 6.81. The Kier molecular flexibility index (Phi) is 3.53. The van der Waals surface area contributed by atoms with Crippen molar-refractivity contribution in [3.63, 3.8) is 0 Å². The molecule has 8 nitrogen and oxygen atoms in total. The number of nitrogens with zero attached hydrogens (tertiary/aromatic N) is 4. The average Bonchev–Trinajstić information content (AvgIpc) is 2.83. The number of amides is 1. The van der Waals surface area contributed by atoms with Gasteiger partial charge in [-0.3, -0.25) is 4.90 Å². The van der Waals surface area contributed by atoms with Gasteiger partial charge in [0.15, 0.2) is 0 Å². The first-order valence-corrected chi connectivity index (χ1v) is 6.91. The molecule has 0 aromatic heterocycles. The zero-order valence-corrected chi connectivity index (χ0v) is 12.6. The van der Waals surface area contributed by atoms with Gasteiger partial charge in [0, 0.05) is 11.0 Å². The lowest BCUT2D eigenvalue weighted by molar-refractivity contribution is -0.153. The molecule has 1 amide bonds. The summed E-state index contributed by atoms with van der Waals surface area (Å²) in [6.45, 7) is 6.71. The molecule has 1 saturated heterocycles. The maximum atomic E-state index is 12.4. The molecule has 2 rings (SSSR count). The number of piperidine rings is 1. The quantitative estimate of drug-likeness (QED) is 0.478. The van der Waals surface area contributed by atoms with Crippen molar-refractivity contribution in [1.82, 2.24) is 4.90 Å². The van der Waals surface area contributed by atoms with Gasteiger partial charge < -0.3 is 9.84 Å². The molecule has 0 unspecified atom stereocenters. The van der Waals surface area contributed by atoms with Crippen LogP contribution in [0.1, 0.15) is 40.5 Å². The van der Waals surface area contributed by atoms with Crippen molar-refractivity contribution in [3.8, 4) is 0 Å². The van der Waals surface area contributed by atoms with Gasteiger partial charge >= 0.3 is 12.1 Å². The van der Waals surface area contributed by atoms with E-state index in [9.17, 15) is 14.7 Å². The number of carboxylic acids is 1. The summed E-state index contributed by atoms with van der Waals surface area (Å²) < 4.78 is 5.34. The molecule has 8 heteroatoms. The summed E-state index contributed by atoms with van der Waals surface area (Å²) in [7, 11) is 0. The zero-order chi connectivity index (χ0) is 16.0. The first-order valence-electron chi connectivity index (χ1n) is 6.91. The Bertz CT molecular complexity index is 523. The maximum Gasteiger partial charge on any atom is 0.411 e. The van der Waals surface area contributed by atoms with E-state index in [0.29, 0.717) is 12.8 Å². The van der Waals surface area contributed by atoms with Crippen LogP contribution in [0.2, 0.25) is 0 Å². The smallest absolute Gasteiger partial charge is 0.411 e. The lowest BCUT2D eigenvalue weighted by atomic mass is 9.84. The van der Waals surface area contributed by atoms with Crippen LogP contribution in [0.5, 0.6) is 0 Å². The summed E-state index contributed by atoms with van der Waals surface area (Å²) in [5.74, 6) is -1.29. The minimum atomic E-state index is -1.31. The molecule has 1 aliphatic carbocycles. The molecule has 0 radical (unpaired) electrons. The molecule has 116 valence electrons. The van der Waals surface area contributed by atoms with E-state index in [4.69, 9.17) is 10.3 Å². The van der Waals surface area contributed by atoms with Crippen molar-refractivity contribution in [2.75, 3.05) is 0 Å². The van der Waals surface area contributed by atoms with Gasteiger partial charge in [-0.05, 0) is 52.0 Å². The highest BCUT2D eigenvalue weighted by Crippen LogP contribution is 2.50. The van der Waals surface area contributed by atoms with E-state index in [-0.39, 0.29) is 12.0 Å². The molecule has 2 fully saturated rings. The zero-order valence-electron chi connectivity index (χ0n) is 12.6. The number of hydrogen-bond donors (Lipinski definition) is 1. The number of fused-ring (bicyclic) bond motifs is 2. The molecule has 2 bridgehead atoms. The molecule has 1 saturated carbocycles. The lowest BCUT2D eigenvalue weighted by Gasteiger charge is -2.43. The molecule has 0 aromatic carbocycles.